The monoisotopic (exact) mass is 538 g/mol. The Morgan fingerprint density at radius 1 is 1.08 bits per heavy atom. The number of likely N-dealkylation sites (tertiary alicyclic amines) is 1. The molecular weight excluding hydrogens is 504 g/mol. The summed E-state index contributed by atoms with van der Waals surface area (Å²) in [5.41, 5.74) is 0.209. The molecule has 4 rings (SSSR count). The highest BCUT2D eigenvalue weighted by atomic mass is 19.4. The molecule has 0 spiro atoms. The van der Waals surface area contributed by atoms with E-state index in [0.717, 1.165) is 42.6 Å². The summed E-state index contributed by atoms with van der Waals surface area (Å²) >= 11 is 0. The highest BCUT2D eigenvalue weighted by Crippen LogP contribution is 2.46. The lowest BCUT2D eigenvalue weighted by Gasteiger charge is -2.21. The predicted molar refractivity (Wildman–Crippen MR) is 133 cm³/mol. The fourth-order valence-electron chi connectivity index (χ4n) is 5.14. The van der Waals surface area contributed by atoms with Crippen molar-refractivity contribution in [1.29, 1.82) is 0 Å². The molecule has 1 saturated heterocycles. The SMILES string of the molecule is CCOC(=O)[C@H](Cc1ccc(OCCNC2C3CN(Cc4cc(C(F)(F)F)ccc4F)C[C@@H]32)cc1)OCC. The van der Waals surface area contributed by atoms with Gasteiger partial charge in [-0.3, -0.25) is 4.90 Å². The van der Waals surface area contributed by atoms with E-state index in [4.69, 9.17) is 14.2 Å². The molecule has 6 nitrogen and oxygen atoms in total. The van der Waals surface area contributed by atoms with Crippen LogP contribution in [0.15, 0.2) is 42.5 Å². The maximum Gasteiger partial charge on any atom is 0.416 e. The summed E-state index contributed by atoms with van der Waals surface area (Å²) in [6.07, 6.45) is -4.68. The van der Waals surface area contributed by atoms with Crippen molar-refractivity contribution in [2.24, 2.45) is 11.8 Å². The van der Waals surface area contributed by atoms with Crippen molar-refractivity contribution in [3.8, 4) is 5.75 Å². The van der Waals surface area contributed by atoms with Crippen LogP contribution in [0.2, 0.25) is 0 Å². The first kappa shape index (κ1) is 28.3. The average Bonchev–Trinajstić information content (AvgIpc) is 3.32. The fourth-order valence-corrected chi connectivity index (χ4v) is 5.14. The molecule has 208 valence electrons. The Bertz CT molecular complexity index is 1070. The number of hydrogen-bond acceptors (Lipinski definition) is 6. The van der Waals surface area contributed by atoms with Gasteiger partial charge in [-0.2, -0.15) is 13.2 Å². The zero-order valence-electron chi connectivity index (χ0n) is 21.6. The number of carbonyl (C=O) groups excluding carboxylic acids is 1. The Morgan fingerprint density at radius 3 is 2.42 bits per heavy atom. The predicted octanol–water partition coefficient (Wildman–Crippen LogP) is 4.45. The van der Waals surface area contributed by atoms with Gasteiger partial charge in [0.2, 0.25) is 0 Å². The molecule has 1 aliphatic heterocycles. The normalized spacial score (nSPS) is 21.7. The van der Waals surface area contributed by atoms with Gasteiger partial charge in [-0.05, 0) is 61.6 Å². The van der Waals surface area contributed by atoms with Crippen molar-refractivity contribution in [3.05, 3.63) is 65.0 Å². The number of esters is 1. The molecule has 0 aromatic heterocycles. The first-order valence-electron chi connectivity index (χ1n) is 13.0. The minimum absolute atomic E-state index is 0.0827. The number of benzene rings is 2. The van der Waals surface area contributed by atoms with Gasteiger partial charge in [-0.25, -0.2) is 9.18 Å². The summed E-state index contributed by atoms with van der Waals surface area (Å²) in [4.78, 5) is 14.1. The number of alkyl halides is 3. The van der Waals surface area contributed by atoms with Gasteiger partial charge in [0.1, 0.15) is 18.2 Å². The van der Waals surface area contributed by atoms with Gasteiger partial charge in [0, 0.05) is 50.8 Å². The van der Waals surface area contributed by atoms with E-state index in [1.165, 1.54) is 0 Å². The largest absolute Gasteiger partial charge is 0.492 e. The van der Waals surface area contributed by atoms with Gasteiger partial charge in [-0.1, -0.05) is 12.1 Å². The molecule has 1 aliphatic carbocycles. The number of rotatable bonds is 13. The molecular formula is C28H34F4N2O4. The molecule has 2 aliphatic rings. The zero-order chi connectivity index (χ0) is 27.3. The number of hydrogen-bond donors (Lipinski definition) is 1. The Hall–Kier alpha value is -2.69. The van der Waals surface area contributed by atoms with E-state index in [2.05, 4.69) is 5.32 Å². The van der Waals surface area contributed by atoms with Gasteiger partial charge in [0.05, 0.1) is 12.2 Å². The third-order valence-corrected chi connectivity index (χ3v) is 7.05. The second-order valence-corrected chi connectivity index (χ2v) is 9.70. The smallest absolute Gasteiger partial charge is 0.416 e. The molecule has 0 amide bonds. The maximum absolute atomic E-state index is 14.1. The lowest BCUT2D eigenvalue weighted by molar-refractivity contribution is -0.156. The van der Waals surface area contributed by atoms with Gasteiger partial charge in [0.15, 0.2) is 6.10 Å². The van der Waals surface area contributed by atoms with Crippen LogP contribution in [0.4, 0.5) is 17.6 Å². The van der Waals surface area contributed by atoms with Gasteiger partial charge < -0.3 is 19.5 Å². The molecule has 0 bridgehead atoms. The van der Waals surface area contributed by atoms with Crippen molar-refractivity contribution < 1.29 is 36.6 Å². The van der Waals surface area contributed by atoms with E-state index in [1.54, 1.807) is 6.92 Å². The number of piperidine rings is 1. The molecule has 2 aromatic carbocycles. The van der Waals surface area contributed by atoms with Crippen molar-refractivity contribution in [2.75, 3.05) is 39.5 Å². The molecule has 2 unspecified atom stereocenters. The summed E-state index contributed by atoms with van der Waals surface area (Å²) in [7, 11) is 0. The number of halogens is 4. The molecule has 4 atom stereocenters. The molecule has 1 heterocycles. The van der Waals surface area contributed by atoms with Crippen molar-refractivity contribution in [2.45, 2.75) is 45.1 Å². The minimum Gasteiger partial charge on any atom is -0.492 e. The third kappa shape index (κ3) is 7.24. The summed E-state index contributed by atoms with van der Waals surface area (Å²) < 4.78 is 69.3. The number of nitrogens with one attached hydrogen (secondary N) is 1. The van der Waals surface area contributed by atoms with Crippen LogP contribution < -0.4 is 10.1 Å². The van der Waals surface area contributed by atoms with E-state index in [9.17, 15) is 22.4 Å². The van der Waals surface area contributed by atoms with Crippen molar-refractivity contribution >= 4 is 5.97 Å². The zero-order valence-corrected chi connectivity index (χ0v) is 21.6. The molecule has 10 heteroatoms. The van der Waals surface area contributed by atoms with Crippen LogP contribution in [0.5, 0.6) is 5.75 Å². The van der Waals surface area contributed by atoms with E-state index in [-0.39, 0.29) is 18.1 Å². The van der Waals surface area contributed by atoms with Gasteiger partial charge in [0.25, 0.3) is 0 Å². The Morgan fingerprint density at radius 2 is 1.79 bits per heavy atom. The molecule has 1 saturated carbocycles. The Labute approximate surface area is 220 Å². The second kappa shape index (κ2) is 12.4. The lowest BCUT2D eigenvalue weighted by atomic mass is 10.1. The molecule has 2 aromatic rings. The summed E-state index contributed by atoms with van der Waals surface area (Å²) in [5, 5.41) is 3.49. The maximum atomic E-state index is 14.1. The van der Waals surface area contributed by atoms with E-state index in [0.29, 0.717) is 50.7 Å². The van der Waals surface area contributed by atoms with E-state index >= 15 is 0 Å². The van der Waals surface area contributed by atoms with E-state index in [1.807, 2.05) is 36.1 Å². The van der Waals surface area contributed by atoms with Crippen LogP contribution in [-0.4, -0.2) is 62.5 Å². The number of ether oxygens (including phenoxy) is 3. The minimum atomic E-state index is -4.48. The Balaban J connectivity index is 1.15. The molecule has 2 fully saturated rings. The molecule has 38 heavy (non-hydrogen) atoms. The van der Waals surface area contributed by atoms with Crippen LogP contribution in [0.3, 0.4) is 0 Å². The third-order valence-electron chi connectivity index (χ3n) is 7.05. The van der Waals surface area contributed by atoms with Crippen molar-refractivity contribution in [1.82, 2.24) is 10.2 Å². The first-order chi connectivity index (χ1) is 18.2. The van der Waals surface area contributed by atoms with Crippen LogP contribution in [0.25, 0.3) is 0 Å². The fraction of sp³-hybridized carbons (Fsp3) is 0.536. The van der Waals surface area contributed by atoms with Crippen LogP contribution in [0.1, 0.15) is 30.5 Å². The number of carbonyl (C=O) groups is 1. The number of nitrogens with zero attached hydrogens (tertiary/aromatic N) is 1. The van der Waals surface area contributed by atoms with Crippen LogP contribution in [0, 0.1) is 17.7 Å². The summed E-state index contributed by atoms with van der Waals surface area (Å²) in [6, 6.07) is 10.5. The quantitative estimate of drug-likeness (QED) is 0.231. The summed E-state index contributed by atoms with van der Waals surface area (Å²) in [5.74, 6) is 0.592. The average molecular weight is 539 g/mol. The molecule has 1 N–H and O–H groups in total. The Kier molecular flexibility index (Phi) is 9.27. The van der Waals surface area contributed by atoms with Gasteiger partial charge >= 0.3 is 12.1 Å². The van der Waals surface area contributed by atoms with Crippen LogP contribution in [-0.2, 0) is 33.4 Å². The summed E-state index contributed by atoms with van der Waals surface area (Å²) in [6.45, 7) is 7.12. The topological polar surface area (TPSA) is 60.0 Å². The second-order valence-electron chi connectivity index (χ2n) is 9.70. The number of fused-ring (bicyclic) bond motifs is 1. The van der Waals surface area contributed by atoms with E-state index < -0.39 is 23.7 Å². The standard InChI is InChI=1S/C28H34F4N2O4/c1-3-36-25(27(35)37-4-2)13-18-5-8-21(9-6-18)38-12-11-33-26-22-16-34(17-23(22)26)15-19-14-20(28(30,31)32)7-10-24(19)29/h5-10,14,22-23,25-26,33H,3-4,11-13,15-17H2,1-2H3/t22-,23?,25-,26?/m0/s1. The lowest BCUT2D eigenvalue weighted by Crippen LogP contribution is -2.33. The van der Waals surface area contributed by atoms with Gasteiger partial charge in [-0.15, -0.1) is 0 Å². The first-order valence-corrected chi connectivity index (χ1v) is 13.0. The van der Waals surface area contributed by atoms with Crippen molar-refractivity contribution in [3.63, 3.8) is 0 Å². The van der Waals surface area contributed by atoms with Crippen LogP contribution >= 0.6 is 0 Å². The molecule has 0 radical (unpaired) electrons. The highest BCUT2D eigenvalue weighted by molar-refractivity contribution is 5.75. The highest BCUT2D eigenvalue weighted by Gasteiger charge is 2.55.